The number of nitriles is 1. The summed E-state index contributed by atoms with van der Waals surface area (Å²) < 4.78 is 10.9. The van der Waals surface area contributed by atoms with Gasteiger partial charge in [0, 0.05) is 29.9 Å². The van der Waals surface area contributed by atoms with Gasteiger partial charge in [-0.3, -0.25) is 4.79 Å². The number of rotatable bonds is 5. The summed E-state index contributed by atoms with van der Waals surface area (Å²) in [5.41, 5.74) is 8.30. The van der Waals surface area contributed by atoms with Gasteiger partial charge in [0.1, 0.15) is 5.82 Å². The van der Waals surface area contributed by atoms with Crippen LogP contribution in [0.15, 0.2) is 18.2 Å². The first-order chi connectivity index (χ1) is 14.4. The molecule has 2 aromatic rings. The van der Waals surface area contributed by atoms with E-state index in [0.717, 1.165) is 17.7 Å². The molecule has 1 aromatic carbocycles. The molecule has 1 aliphatic heterocycles. The highest BCUT2D eigenvalue weighted by molar-refractivity contribution is 6.31. The van der Waals surface area contributed by atoms with E-state index in [1.807, 2.05) is 13.0 Å². The highest BCUT2D eigenvalue weighted by atomic mass is 35.5. The summed E-state index contributed by atoms with van der Waals surface area (Å²) in [5.74, 6) is 0.487. The van der Waals surface area contributed by atoms with Gasteiger partial charge in [0.15, 0.2) is 0 Å². The molecule has 2 heterocycles. The highest BCUT2D eigenvalue weighted by Crippen LogP contribution is 2.35. The van der Waals surface area contributed by atoms with E-state index in [1.165, 1.54) is 0 Å². The van der Waals surface area contributed by atoms with Crippen LogP contribution in [-0.4, -0.2) is 42.3 Å². The highest BCUT2D eigenvalue weighted by Gasteiger charge is 2.28. The lowest BCUT2D eigenvalue weighted by Gasteiger charge is -2.32. The van der Waals surface area contributed by atoms with Crippen LogP contribution < -0.4 is 10.6 Å². The number of aryl methyl sites for hydroxylation is 1. The normalized spacial score (nSPS) is 16.6. The molecule has 1 aliphatic rings. The second-order valence-corrected chi connectivity index (χ2v) is 7.40. The minimum atomic E-state index is -0.393. The van der Waals surface area contributed by atoms with E-state index in [4.69, 9.17) is 26.8 Å². The Morgan fingerprint density at radius 1 is 1.43 bits per heavy atom. The van der Waals surface area contributed by atoms with Crippen LogP contribution in [0.2, 0.25) is 5.02 Å². The van der Waals surface area contributed by atoms with Crippen molar-refractivity contribution in [2.75, 3.05) is 37.0 Å². The number of halogens is 1. The molecule has 158 valence electrons. The fourth-order valence-electron chi connectivity index (χ4n) is 3.54. The van der Waals surface area contributed by atoms with Gasteiger partial charge in [0.25, 0.3) is 0 Å². The molecule has 30 heavy (non-hydrogen) atoms. The van der Waals surface area contributed by atoms with Crippen LogP contribution in [0.25, 0.3) is 0 Å². The van der Waals surface area contributed by atoms with Gasteiger partial charge in [0.2, 0.25) is 5.95 Å². The summed E-state index contributed by atoms with van der Waals surface area (Å²) in [6, 6.07) is 7.10. The molecular weight excluding hydrogens is 406 g/mol. The first kappa shape index (κ1) is 21.8. The predicted molar refractivity (Wildman–Crippen MR) is 113 cm³/mol. The Morgan fingerprint density at radius 2 is 2.23 bits per heavy atom. The summed E-state index contributed by atoms with van der Waals surface area (Å²) in [6.45, 7) is 5.55. The number of nitrogens with two attached hydrogens (primary N) is 1. The van der Waals surface area contributed by atoms with Crippen molar-refractivity contribution in [1.82, 2.24) is 9.97 Å². The zero-order chi connectivity index (χ0) is 21.7. The second kappa shape index (κ2) is 9.74. The molecule has 3 rings (SSSR count). The van der Waals surface area contributed by atoms with E-state index in [1.54, 1.807) is 19.1 Å². The lowest BCUT2D eigenvalue weighted by atomic mass is 9.97. The molecule has 0 aliphatic carbocycles. The van der Waals surface area contributed by atoms with Crippen molar-refractivity contribution in [3.8, 4) is 6.07 Å². The fourth-order valence-corrected chi connectivity index (χ4v) is 3.83. The number of nitrogen functional groups attached to an aromatic ring is 1. The molecule has 8 nitrogen and oxygen atoms in total. The number of benzene rings is 1. The maximum absolute atomic E-state index is 12.0. The lowest BCUT2D eigenvalue weighted by molar-refractivity contribution is -0.142. The summed E-state index contributed by atoms with van der Waals surface area (Å²) in [5, 5.41) is 9.93. The number of hydrogen-bond donors (Lipinski definition) is 1. The van der Waals surface area contributed by atoms with Gasteiger partial charge in [0.05, 0.1) is 37.3 Å². The molecule has 0 saturated carbocycles. The summed E-state index contributed by atoms with van der Waals surface area (Å²) in [7, 11) is 0. The molecule has 1 fully saturated rings. The predicted octanol–water partition coefficient (Wildman–Crippen LogP) is 2.97. The first-order valence-electron chi connectivity index (χ1n) is 9.76. The Bertz CT molecular complexity index is 956. The lowest BCUT2D eigenvalue weighted by Crippen LogP contribution is -2.32. The molecule has 0 spiro atoms. The molecule has 1 saturated heterocycles. The van der Waals surface area contributed by atoms with Crippen molar-refractivity contribution in [3.05, 3.63) is 45.6 Å². The summed E-state index contributed by atoms with van der Waals surface area (Å²) >= 11 is 6.57. The van der Waals surface area contributed by atoms with Gasteiger partial charge < -0.3 is 20.1 Å². The average molecular weight is 430 g/mol. The van der Waals surface area contributed by atoms with E-state index < -0.39 is 5.97 Å². The van der Waals surface area contributed by atoms with Gasteiger partial charge in [-0.05, 0) is 37.5 Å². The summed E-state index contributed by atoms with van der Waals surface area (Å²) in [4.78, 5) is 22.7. The largest absolute Gasteiger partial charge is 0.466 e. The van der Waals surface area contributed by atoms with Crippen LogP contribution in [-0.2, 0) is 20.7 Å². The van der Waals surface area contributed by atoms with E-state index in [0.29, 0.717) is 41.7 Å². The van der Waals surface area contributed by atoms with Crippen LogP contribution >= 0.6 is 11.6 Å². The minimum absolute atomic E-state index is 0.00591. The molecular formula is C21H24ClN5O3. The third-order valence-electron chi connectivity index (χ3n) is 4.83. The van der Waals surface area contributed by atoms with E-state index in [9.17, 15) is 10.1 Å². The molecule has 9 heteroatoms. The van der Waals surface area contributed by atoms with Crippen molar-refractivity contribution >= 4 is 29.3 Å². The Hall–Kier alpha value is -2.89. The zero-order valence-electron chi connectivity index (χ0n) is 17.0. The van der Waals surface area contributed by atoms with Crippen molar-refractivity contribution in [3.63, 3.8) is 0 Å². The van der Waals surface area contributed by atoms with Gasteiger partial charge in [-0.2, -0.15) is 10.2 Å². The maximum atomic E-state index is 12.0. The van der Waals surface area contributed by atoms with Gasteiger partial charge in [-0.25, -0.2) is 4.98 Å². The number of carbonyl (C=O) groups is 1. The molecule has 0 radical (unpaired) electrons. The van der Waals surface area contributed by atoms with Crippen molar-refractivity contribution in [1.29, 1.82) is 5.26 Å². The molecule has 1 atom stereocenters. The van der Waals surface area contributed by atoms with Crippen LogP contribution in [0.3, 0.4) is 0 Å². The van der Waals surface area contributed by atoms with Crippen LogP contribution in [0.4, 0.5) is 11.8 Å². The van der Waals surface area contributed by atoms with Crippen LogP contribution in [0.5, 0.6) is 0 Å². The van der Waals surface area contributed by atoms with Gasteiger partial charge >= 0.3 is 5.97 Å². The third kappa shape index (κ3) is 4.99. The monoisotopic (exact) mass is 429 g/mol. The van der Waals surface area contributed by atoms with Crippen molar-refractivity contribution < 1.29 is 14.3 Å². The Kier molecular flexibility index (Phi) is 7.08. The second-order valence-electron chi connectivity index (χ2n) is 6.99. The minimum Gasteiger partial charge on any atom is -0.466 e. The summed E-state index contributed by atoms with van der Waals surface area (Å²) in [6.07, 6.45) is 0.803. The van der Waals surface area contributed by atoms with E-state index in [-0.39, 0.29) is 25.0 Å². The number of carbonyl (C=O) groups excluding carboxylic acids is 1. The number of aromatic nitrogens is 2. The van der Waals surface area contributed by atoms with E-state index in [2.05, 4.69) is 20.9 Å². The molecule has 0 bridgehead atoms. The average Bonchev–Trinajstić information content (AvgIpc) is 2.94. The maximum Gasteiger partial charge on any atom is 0.310 e. The molecule has 2 N–H and O–H groups in total. The standard InChI is InChI=1S/C21H24ClN5O3/c1-3-30-20(28)10-14-8-16(17(22)9-15(14)11-23)18-12-29-6-4-5-27(18)19-7-13(2)25-21(24)26-19/h7-9,18H,3-6,10,12H2,1-2H3,(H2,24,25,26). The van der Waals surface area contributed by atoms with Gasteiger partial charge in [-0.1, -0.05) is 17.7 Å². The Labute approximate surface area is 180 Å². The SMILES string of the molecule is CCOC(=O)Cc1cc(C2COCCCN2c2cc(C)nc(N)n2)c(Cl)cc1C#N. The zero-order valence-corrected chi connectivity index (χ0v) is 17.8. The van der Waals surface area contributed by atoms with E-state index >= 15 is 0 Å². The van der Waals surface area contributed by atoms with Gasteiger partial charge in [-0.15, -0.1) is 0 Å². The molecule has 1 aromatic heterocycles. The third-order valence-corrected chi connectivity index (χ3v) is 5.16. The Morgan fingerprint density at radius 3 is 2.93 bits per heavy atom. The number of ether oxygens (including phenoxy) is 2. The fraction of sp³-hybridized carbons (Fsp3) is 0.429. The number of nitrogens with zero attached hydrogens (tertiary/aromatic N) is 4. The molecule has 1 unspecified atom stereocenters. The topological polar surface area (TPSA) is 114 Å². The number of esters is 1. The van der Waals surface area contributed by atoms with Crippen molar-refractivity contribution in [2.24, 2.45) is 0 Å². The smallest absolute Gasteiger partial charge is 0.310 e. The quantitative estimate of drug-likeness (QED) is 0.721. The first-order valence-corrected chi connectivity index (χ1v) is 10.1. The number of hydrogen-bond acceptors (Lipinski definition) is 8. The van der Waals surface area contributed by atoms with Crippen LogP contribution in [0.1, 0.15) is 41.8 Å². The van der Waals surface area contributed by atoms with Crippen LogP contribution in [0, 0.1) is 18.3 Å². The molecule has 0 amide bonds. The van der Waals surface area contributed by atoms with Crippen molar-refractivity contribution in [2.45, 2.75) is 32.7 Å². The number of anilines is 2. The Balaban J connectivity index is 2.05.